The number of ether oxygens (including phenoxy) is 2. The number of aromatic nitrogens is 3. The highest BCUT2D eigenvalue weighted by molar-refractivity contribution is 5.96. The van der Waals surface area contributed by atoms with Crippen molar-refractivity contribution in [2.45, 2.75) is 0 Å². The highest BCUT2D eigenvalue weighted by Gasteiger charge is 2.12. The molecule has 1 aromatic heterocycles. The molecule has 0 amide bonds. The van der Waals surface area contributed by atoms with Crippen molar-refractivity contribution in [3.8, 4) is 5.75 Å². The van der Waals surface area contributed by atoms with Crippen molar-refractivity contribution in [1.29, 1.82) is 0 Å². The number of anilines is 4. The molecule has 0 aliphatic heterocycles. The first kappa shape index (κ1) is 17.2. The van der Waals surface area contributed by atoms with E-state index in [4.69, 9.17) is 9.47 Å². The summed E-state index contributed by atoms with van der Waals surface area (Å²) in [6, 6.07) is 14.4. The number of rotatable bonds is 6. The van der Waals surface area contributed by atoms with Crippen molar-refractivity contribution in [2.75, 3.05) is 24.9 Å². The number of hydrogen-bond acceptors (Lipinski definition) is 8. The largest absolute Gasteiger partial charge is 0.497 e. The topological polar surface area (TPSA) is 98.3 Å². The average Bonchev–Trinajstić information content (AvgIpc) is 2.68. The lowest BCUT2D eigenvalue weighted by molar-refractivity contribution is 0.0602. The number of nitrogens with one attached hydrogen (secondary N) is 2. The summed E-state index contributed by atoms with van der Waals surface area (Å²) in [5.41, 5.74) is 1.70. The van der Waals surface area contributed by atoms with E-state index in [0.717, 1.165) is 11.4 Å². The highest BCUT2D eigenvalue weighted by atomic mass is 16.5. The zero-order valence-electron chi connectivity index (χ0n) is 14.3. The Morgan fingerprint density at radius 2 is 1.88 bits per heavy atom. The molecule has 3 rings (SSSR count). The molecule has 0 radical (unpaired) electrons. The maximum Gasteiger partial charge on any atom is 0.339 e. The molecule has 0 aliphatic carbocycles. The third-order valence-corrected chi connectivity index (χ3v) is 3.48. The van der Waals surface area contributed by atoms with Gasteiger partial charge in [-0.15, -0.1) is 5.10 Å². The molecule has 0 aliphatic rings. The minimum atomic E-state index is -0.452. The summed E-state index contributed by atoms with van der Waals surface area (Å²) in [6.45, 7) is 0. The quantitative estimate of drug-likeness (QED) is 0.654. The van der Waals surface area contributed by atoms with Crippen LogP contribution in [0.1, 0.15) is 10.4 Å². The SMILES string of the molecule is COC(=O)c1ccccc1Nc1nncc(Nc2cccc(OC)c2)n1. The normalized spacial score (nSPS) is 10.1. The van der Waals surface area contributed by atoms with Gasteiger partial charge in [-0.05, 0) is 24.3 Å². The number of hydrogen-bond donors (Lipinski definition) is 2. The maximum atomic E-state index is 11.9. The zero-order valence-corrected chi connectivity index (χ0v) is 14.3. The number of para-hydroxylation sites is 1. The van der Waals surface area contributed by atoms with E-state index in [0.29, 0.717) is 17.1 Å². The predicted molar refractivity (Wildman–Crippen MR) is 97.2 cm³/mol. The maximum absolute atomic E-state index is 11.9. The molecule has 0 fully saturated rings. The molecular formula is C18H17N5O3. The second-order valence-corrected chi connectivity index (χ2v) is 5.18. The zero-order chi connectivity index (χ0) is 18.4. The molecule has 0 unspecified atom stereocenters. The van der Waals surface area contributed by atoms with Crippen LogP contribution in [0.25, 0.3) is 0 Å². The molecule has 2 N–H and O–H groups in total. The van der Waals surface area contributed by atoms with Crippen molar-refractivity contribution in [3.63, 3.8) is 0 Å². The van der Waals surface area contributed by atoms with E-state index in [1.807, 2.05) is 24.3 Å². The smallest absolute Gasteiger partial charge is 0.339 e. The first-order valence-electron chi connectivity index (χ1n) is 7.75. The van der Waals surface area contributed by atoms with Crippen LogP contribution >= 0.6 is 0 Å². The third kappa shape index (κ3) is 4.04. The fourth-order valence-electron chi connectivity index (χ4n) is 2.27. The fourth-order valence-corrected chi connectivity index (χ4v) is 2.27. The van der Waals surface area contributed by atoms with Gasteiger partial charge in [0.05, 0.1) is 31.7 Å². The van der Waals surface area contributed by atoms with Crippen molar-refractivity contribution in [2.24, 2.45) is 0 Å². The van der Waals surface area contributed by atoms with Gasteiger partial charge in [0.2, 0.25) is 5.95 Å². The molecule has 2 aromatic carbocycles. The van der Waals surface area contributed by atoms with E-state index < -0.39 is 5.97 Å². The summed E-state index contributed by atoms with van der Waals surface area (Å²) < 4.78 is 9.98. The molecule has 8 heteroatoms. The fraction of sp³-hybridized carbons (Fsp3) is 0.111. The Morgan fingerprint density at radius 3 is 2.69 bits per heavy atom. The number of esters is 1. The van der Waals surface area contributed by atoms with Gasteiger partial charge in [-0.25, -0.2) is 4.79 Å². The molecule has 0 saturated carbocycles. The van der Waals surface area contributed by atoms with Crippen molar-refractivity contribution < 1.29 is 14.3 Å². The summed E-state index contributed by atoms with van der Waals surface area (Å²) in [6.07, 6.45) is 1.50. The highest BCUT2D eigenvalue weighted by Crippen LogP contribution is 2.22. The van der Waals surface area contributed by atoms with Crippen LogP contribution in [0.2, 0.25) is 0 Å². The number of nitrogens with zero attached hydrogens (tertiary/aromatic N) is 3. The molecule has 1 heterocycles. The van der Waals surface area contributed by atoms with Crippen LogP contribution in [0.4, 0.5) is 23.1 Å². The Bertz CT molecular complexity index is 917. The van der Waals surface area contributed by atoms with Crippen LogP contribution in [0.5, 0.6) is 5.75 Å². The van der Waals surface area contributed by atoms with E-state index in [2.05, 4.69) is 25.8 Å². The van der Waals surface area contributed by atoms with Crippen LogP contribution in [-0.4, -0.2) is 35.4 Å². The Balaban J connectivity index is 1.81. The molecule has 3 aromatic rings. The number of carbonyl (C=O) groups excluding carboxylic acids is 1. The standard InChI is InChI=1S/C18H17N5O3/c1-25-13-7-5-6-12(10-13)20-16-11-19-23-18(22-16)21-15-9-4-3-8-14(15)17(24)26-2/h3-11H,1-2H3,(H2,20,21,22,23). The molecule has 0 atom stereocenters. The molecule has 8 nitrogen and oxygen atoms in total. The van der Waals surface area contributed by atoms with E-state index in [9.17, 15) is 4.79 Å². The van der Waals surface area contributed by atoms with Gasteiger partial charge in [-0.1, -0.05) is 18.2 Å². The second kappa shape index (κ2) is 7.93. The van der Waals surface area contributed by atoms with E-state index in [1.165, 1.54) is 13.3 Å². The van der Waals surface area contributed by atoms with E-state index in [1.54, 1.807) is 31.4 Å². The van der Waals surface area contributed by atoms with E-state index in [-0.39, 0.29) is 5.95 Å². The minimum Gasteiger partial charge on any atom is -0.497 e. The Morgan fingerprint density at radius 1 is 1.04 bits per heavy atom. The van der Waals surface area contributed by atoms with Crippen LogP contribution in [-0.2, 0) is 4.74 Å². The lowest BCUT2D eigenvalue weighted by atomic mass is 10.2. The Kier molecular flexibility index (Phi) is 5.23. The Labute approximate surface area is 150 Å². The predicted octanol–water partition coefficient (Wildman–Crippen LogP) is 3.15. The second-order valence-electron chi connectivity index (χ2n) is 5.18. The lowest BCUT2D eigenvalue weighted by Crippen LogP contribution is -2.08. The van der Waals surface area contributed by atoms with Gasteiger partial charge >= 0.3 is 5.97 Å². The average molecular weight is 351 g/mol. The molecule has 26 heavy (non-hydrogen) atoms. The van der Waals surface area contributed by atoms with Crippen molar-refractivity contribution in [3.05, 3.63) is 60.3 Å². The summed E-state index contributed by atoms with van der Waals surface area (Å²) >= 11 is 0. The Hall–Kier alpha value is -3.68. The van der Waals surface area contributed by atoms with Gasteiger partial charge in [0, 0.05) is 11.8 Å². The monoisotopic (exact) mass is 351 g/mol. The summed E-state index contributed by atoms with van der Waals surface area (Å²) in [4.78, 5) is 16.2. The number of benzene rings is 2. The summed E-state index contributed by atoms with van der Waals surface area (Å²) in [5.74, 6) is 1.01. The van der Waals surface area contributed by atoms with Gasteiger partial charge in [0.1, 0.15) is 5.75 Å². The van der Waals surface area contributed by atoms with Gasteiger partial charge < -0.3 is 20.1 Å². The van der Waals surface area contributed by atoms with Crippen LogP contribution in [0.3, 0.4) is 0 Å². The summed E-state index contributed by atoms with van der Waals surface area (Å²) in [5, 5.41) is 14.0. The van der Waals surface area contributed by atoms with Crippen LogP contribution in [0.15, 0.2) is 54.7 Å². The molecular weight excluding hydrogens is 334 g/mol. The third-order valence-electron chi connectivity index (χ3n) is 3.48. The molecule has 0 saturated heterocycles. The van der Waals surface area contributed by atoms with Crippen LogP contribution < -0.4 is 15.4 Å². The van der Waals surface area contributed by atoms with Crippen molar-refractivity contribution in [1.82, 2.24) is 15.2 Å². The lowest BCUT2D eigenvalue weighted by Gasteiger charge is -2.10. The van der Waals surface area contributed by atoms with Gasteiger partial charge in [-0.3, -0.25) is 0 Å². The van der Waals surface area contributed by atoms with E-state index >= 15 is 0 Å². The summed E-state index contributed by atoms with van der Waals surface area (Å²) in [7, 11) is 2.93. The van der Waals surface area contributed by atoms with Gasteiger partial charge in [0.25, 0.3) is 0 Å². The number of carbonyl (C=O) groups is 1. The minimum absolute atomic E-state index is 0.245. The van der Waals surface area contributed by atoms with Gasteiger partial charge in [0.15, 0.2) is 5.82 Å². The van der Waals surface area contributed by atoms with Gasteiger partial charge in [-0.2, -0.15) is 10.1 Å². The van der Waals surface area contributed by atoms with Crippen LogP contribution in [0, 0.1) is 0 Å². The molecule has 0 bridgehead atoms. The van der Waals surface area contributed by atoms with Crippen molar-refractivity contribution >= 4 is 29.1 Å². The number of methoxy groups -OCH3 is 2. The molecule has 0 spiro atoms. The first-order valence-corrected chi connectivity index (χ1v) is 7.75. The molecule has 132 valence electrons. The first-order chi connectivity index (χ1) is 12.7.